The van der Waals surface area contributed by atoms with Gasteiger partial charge in [-0.3, -0.25) is 5.73 Å². The third-order valence-corrected chi connectivity index (χ3v) is 1.22. The Hall–Kier alpha value is -1.78. The standard InChI is InChI=1S/C6H4N5/c7-5-2-9-4-1-8-3-10-6(4)11-5/h1-3,7H. The first-order chi connectivity index (χ1) is 5.36. The van der Waals surface area contributed by atoms with Crippen LogP contribution in [0.2, 0.25) is 0 Å². The molecule has 5 nitrogen and oxygen atoms in total. The minimum atomic E-state index is 0.121. The molecule has 0 fully saturated rings. The van der Waals surface area contributed by atoms with Crippen molar-refractivity contribution in [2.45, 2.75) is 0 Å². The predicted octanol–water partition coefficient (Wildman–Crippen LogP) is 0.334. The number of hydrogen-bond acceptors (Lipinski definition) is 4. The SMILES string of the molecule is [NH]c1cnc2cncnc2n1. The fourth-order valence-corrected chi connectivity index (χ4v) is 0.767. The molecule has 2 aromatic rings. The molecule has 0 amide bonds. The van der Waals surface area contributed by atoms with Crippen molar-refractivity contribution in [3.63, 3.8) is 0 Å². The summed E-state index contributed by atoms with van der Waals surface area (Å²) in [5.74, 6) is 0.121. The molecule has 2 heterocycles. The summed E-state index contributed by atoms with van der Waals surface area (Å²) in [6, 6.07) is 0. The summed E-state index contributed by atoms with van der Waals surface area (Å²) in [6.07, 6.45) is 4.32. The number of nitrogens with zero attached hydrogens (tertiary/aromatic N) is 4. The van der Waals surface area contributed by atoms with Gasteiger partial charge in [0.2, 0.25) is 0 Å². The minimum Gasteiger partial charge on any atom is -0.282 e. The number of aromatic nitrogens is 4. The molecule has 0 atom stereocenters. The van der Waals surface area contributed by atoms with Gasteiger partial charge in [-0.2, -0.15) is 0 Å². The zero-order chi connectivity index (χ0) is 7.68. The second-order valence-corrected chi connectivity index (χ2v) is 1.99. The van der Waals surface area contributed by atoms with E-state index < -0.39 is 0 Å². The van der Waals surface area contributed by atoms with Gasteiger partial charge in [-0.1, -0.05) is 0 Å². The average molecular weight is 146 g/mol. The topological polar surface area (TPSA) is 75.4 Å². The zero-order valence-electron chi connectivity index (χ0n) is 5.52. The van der Waals surface area contributed by atoms with E-state index in [0.29, 0.717) is 11.2 Å². The third kappa shape index (κ3) is 0.958. The molecule has 0 spiro atoms. The maximum Gasteiger partial charge on any atom is 0.183 e. The molecule has 0 bridgehead atoms. The lowest BCUT2D eigenvalue weighted by Crippen LogP contribution is -1.88. The number of rotatable bonds is 0. The number of hydrogen-bond donors (Lipinski definition) is 0. The monoisotopic (exact) mass is 146 g/mol. The first-order valence-electron chi connectivity index (χ1n) is 3.00. The molecular formula is C6H4N5. The summed E-state index contributed by atoms with van der Waals surface area (Å²) in [5.41, 5.74) is 8.22. The van der Waals surface area contributed by atoms with Crippen LogP contribution in [-0.4, -0.2) is 19.9 Å². The van der Waals surface area contributed by atoms with Gasteiger partial charge in [0.1, 0.15) is 11.8 Å². The van der Waals surface area contributed by atoms with Crippen molar-refractivity contribution in [1.82, 2.24) is 25.7 Å². The van der Waals surface area contributed by atoms with E-state index in [9.17, 15) is 0 Å². The van der Waals surface area contributed by atoms with Gasteiger partial charge in [0.15, 0.2) is 11.5 Å². The van der Waals surface area contributed by atoms with Crippen molar-refractivity contribution < 1.29 is 0 Å². The second kappa shape index (κ2) is 2.12. The minimum absolute atomic E-state index is 0.121. The van der Waals surface area contributed by atoms with Crippen molar-refractivity contribution in [2.24, 2.45) is 0 Å². The van der Waals surface area contributed by atoms with Gasteiger partial charge in [0.05, 0.1) is 12.4 Å². The average Bonchev–Trinajstić information content (AvgIpc) is 2.04. The molecule has 0 aliphatic heterocycles. The highest BCUT2D eigenvalue weighted by Gasteiger charge is 1.95. The Labute approximate surface area is 62.3 Å². The Balaban J connectivity index is 2.83. The van der Waals surface area contributed by atoms with Crippen molar-refractivity contribution in [3.05, 3.63) is 18.7 Å². The molecule has 11 heavy (non-hydrogen) atoms. The molecule has 1 radical (unpaired) electrons. The van der Waals surface area contributed by atoms with Crippen molar-refractivity contribution in [2.75, 3.05) is 0 Å². The van der Waals surface area contributed by atoms with E-state index in [1.807, 2.05) is 0 Å². The molecule has 0 saturated heterocycles. The Morgan fingerprint density at radius 2 is 2.09 bits per heavy atom. The smallest absolute Gasteiger partial charge is 0.183 e. The van der Waals surface area contributed by atoms with E-state index in [-0.39, 0.29) is 5.82 Å². The Morgan fingerprint density at radius 3 is 3.00 bits per heavy atom. The Kier molecular flexibility index (Phi) is 1.15. The molecule has 0 aromatic carbocycles. The molecule has 5 heteroatoms. The summed E-state index contributed by atoms with van der Waals surface area (Å²) in [6.45, 7) is 0. The van der Waals surface area contributed by atoms with Gasteiger partial charge >= 0.3 is 0 Å². The quantitative estimate of drug-likeness (QED) is 0.536. The maximum absolute atomic E-state index is 7.14. The van der Waals surface area contributed by atoms with Crippen LogP contribution in [0.25, 0.3) is 11.2 Å². The van der Waals surface area contributed by atoms with Gasteiger partial charge in [0, 0.05) is 0 Å². The molecule has 2 aromatic heterocycles. The summed E-state index contributed by atoms with van der Waals surface area (Å²) >= 11 is 0. The van der Waals surface area contributed by atoms with Gasteiger partial charge < -0.3 is 0 Å². The van der Waals surface area contributed by atoms with Crippen LogP contribution in [-0.2, 0) is 0 Å². The fourth-order valence-electron chi connectivity index (χ4n) is 0.767. The van der Waals surface area contributed by atoms with Gasteiger partial charge in [-0.25, -0.2) is 19.9 Å². The summed E-state index contributed by atoms with van der Waals surface area (Å²) in [7, 11) is 0. The van der Waals surface area contributed by atoms with Gasteiger partial charge in [-0.15, -0.1) is 0 Å². The first-order valence-corrected chi connectivity index (χ1v) is 3.00. The molecule has 53 valence electrons. The third-order valence-electron chi connectivity index (χ3n) is 1.22. The maximum atomic E-state index is 7.14. The Bertz CT molecular complexity index is 385. The van der Waals surface area contributed by atoms with E-state index in [4.69, 9.17) is 5.73 Å². The van der Waals surface area contributed by atoms with Crippen LogP contribution in [0.1, 0.15) is 0 Å². The van der Waals surface area contributed by atoms with E-state index in [2.05, 4.69) is 19.9 Å². The lowest BCUT2D eigenvalue weighted by molar-refractivity contribution is 1.13. The lowest BCUT2D eigenvalue weighted by atomic mass is 10.5. The van der Waals surface area contributed by atoms with Crippen LogP contribution < -0.4 is 5.73 Å². The van der Waals surface area contributed by atoms with Crippen molar-refractivity contribution in [3.8, 4) is 0 Å². The highest BCUT2D eigenvalue weighted by Crippen LogP contribution is 2.04. The fraction of sp³-hybridized carbons (Fsp3) is 0. The van der Waals surface area contributed by atoms with Crippen LogP contribution in [0.15, 0.2) is 18.7 Å². The largest absolute Gasteiger partial charge is 0.282 e. The van der Waals surface area contributed by atoms with Crippen molar-refractivity contribution >= 4 is 17.0 Å². The number of fused-ring (bicyclic) bond motifs is 1. The predicted molar refractivity (Wildman–Crippen MR) is 37.9 cm³/mol. The second-order valence-electron chi connectivity index (χ2n) is 1.99. The number of nitrogens with one attached hydrogen (secondary N) is 1. The molecule has 0 unspecified atom stereocenters. The van der Waals surface area contributed by atoms with E-state index in [1.165, 1.54) is 12.5 Å². The first kappa shape index (κ1) is 5.96. The molecule has 2 rings (SSSR count). The molecular weight excluding hydrogens is 142 g/mol. The van der Waals surface area contributed by atoms with Crippen molar-refractivity contribution in [1.29, 1.82) is 0 Å². The molecule has 0 saturated carbocycles. The normalized spacial score (nSPS) is 10.2. The van der Waals surface area contributed by atoms with Gasteiger partial charge in [-0.05, 0) is 0 Å². The summed E-state index contributed by atoms with van der Waals surface area (Å²) < 4.78 is 0. The van der Waals surface area contributed by atoms with Crippen LogP contribution in [0.5, 0.6) is 0 Å². The van der Waals surface area contributed by atoms with Crippen LogP contribution >= 0.6 is 0 Å². The van der Waals surface area contributed by atoms with E-state index >= 15 is 0 Å². The van der Waals surface area contributed by atoms with Gasteiger partial charge in [0.25, 0.3) is 0 Å². The molecule has 0 aliphatic rings. The van der Waals surface area contributed by atoms with Crippen LogP contribution in [0.4, 0.5) is 5.82 Å². The van der Waals surface area contributed by atoms with E-state index in [1.54, 1.807) is 6.20 Å². The highest BCUT2D eigenvalue weighted by atomic mass is 15.0. The summed E-state index contributed by atoms with van der Waals surface area (Å²) in [5, 5.41) is 0. The van der Waals surface area contributed by atoms with E-state index in [0.717, 1.165) is 0 Å². The van der Waals surface area contributed by atoms with Crippen LogP contribution in [0.3, 0.4) is 0 Å². The highest BCUT2D eigenvalue weighted by molar-refractivity contribution is 5.68. The molecule has 0 aliphatic carbocycles. The molecule has 1 N–H and O–H groups in total. The van der Waals surface area contributed by atoms with Crippen LogP contribution in [0, 0.1) is 0 Å². The summed E-state index contributed by atoms with van der Waals surface area (Å²) in [4.78, 5) is 15.3. The lowest BCUT2D eigenvalue weighted by Gasteiger charge is -1.92. The zero-order valence-corrected chi connectivity index (χ0v) is 5.52. The Morgan fingerprint density at radius 1 is 1.18 bits per heavy atom.